The van der Waals surface area contributed by atoms with Crippen LogP contribution in [0.5, 0.6) is 5.75 Å². The molecule has 1 fully saturated rings. The monoisotopic (exact) mass is 407 g/mol. The number of benzene rings is 1. The number of rotatable bonds is 5. The first kappa shape index (κ1) is 19.3. The van der Waals surface area contributed by atoms with Crippen LogP contribution in [-0.2, 0) is 6.54 Å². The summed E-state index contributed by atoms with van der Waals surface area (Å²) >= 11 is 0. The third kappa shape index (κ3) is 4.69. The highest BCUT2D eigenvalue weighted by atomic mass is 19.4. The van der Waals surface area contributed by atoms with E-state index in [1.54, 1.807) is 6.07 Å². The maximum Gasteiger partial charge on any atom is 0.573 e. The summed E-state index contributed by atoms with van der Waals surface area (Å²) in [6.45, 7) is 0.595. The Labute approximate surface area is 163 Å². The fraction of sp³-hybridized carbons (Fsp3) is 0.333. The molecule has 0 radical (unpaired) electrons. The van der Waals surface area contributed by atoms with E-state index in [1.165, 1.54) is 36.8 Å². The Balaban J connectivity index is 1.52. The standard InChI is InChI=1S/C18H16F3N5O3/c19-18(20,21)28-13-3-1-2-11(6-13)9-26-10-12(27)7-15(26)17-24-16(25-29-17)14-8-22-4-5-23-14/h1-6,8,12,15,27H,7,9-10H2/t12-,15+/m1/s1. The Morgan fingerprint density at radius 1 is 1.28 bits per heavy atom. The number of nitrogens with zero attached hydrogens (tertiary/aromatic N) is 5. The molecule has 1 aliphatic rings. The van der Waals surface area contributed by atoms with E-state index in [0.717, 1.165) is 0 Å². The molecule has 2 aromatic heterocycles. The van der Waals surface area contributed by atoms with Gasteiger partial charge in [-0.15, -0.1) is 13.2 Å². The number of hydrogen-bond acceptors (Lipinski definition) is 8. The number of aliphatic hydroxyl groups excluding tert-OH is 1. The molecule has 0 aliphatic carbocycles. The minimum absolute atomic E-state index is 0.273. The molecule has 1 aliphatic heterocycles. The van der Waals surface area contributed by atoms with Gasteiger partial charge in [0.15, 0.2) is 0 Å². The number of alkyl halides is 3. The maximum absolute atomic E-state index is 12.5. The molecule has 1 saturated heterocycles. The summed E-state index contributed by atoms with van der Waals surface area (Å²) in [4.78, 5) is 14.3. The van der Waals surface area contributed by atoms with E-state index in [2.05, 4.69) is 24.8 Å². The molecule has 3 aromatic rings. The third-order valence-corrected chi connectivity index (χ3v) is 4.42. The van der Waals surface area contributed by atoms with Gasteiger partial charge in [0.25, 0.3) is 0 Å². The highest BCUT2D eigenvalue weighted by Crippen LogP contribution is 2.34. The van der Waals surface area contributed by atoms with Crippen molar-refractivity contribution >= 4 is 0 Å². The first-order valence-electron chi connectivity index (χ1n) is 8.74. The molecule has 1 N–H and O–H groups in total. The van der Waals surface area contributed by atoms with Gasteiger partial charge >= 0.3 is 6.36 Å². The minimum atomic E-state index is -4.76. The van der Waals surface area contributed by atoms with E-state index in [4.69, 9.17) is 4.52 Å². The molecular weight excluding hydrogens is 391 g/mol. The summed E-state index contributed by atoms with van der Waals surface area (Å²) in [6, 6.07) is 5.34. The van der Waals surface area contributed by atoms with Crippen molar-refractivity contribution in [1.29, 1.82) is 0 Å². The van der Waals surface area contributed by atoms with Crippen LogP contribution >= 0.6 is 0 Å². The molecule has 152 valence electrons. The smallest absolute Gasteiger partial charge is 0.406 e. The van der Waals surface area contributed by atoms with Crippen molar-refractivity contribution in [2.24, 2.45) is 0 Å². The topological polar surface area (TPSA) is 97.4 Å². The predicted octanol–water partition coefficient (Wildman–Crippen LogP) is 2.73. The third-order valence-electron chi connectivity index (χ3n) is 4.42. The molecular formula is C18H16F3N5O3. The Morgan fingerprint density at radius 3 is 2.90 bits per heavy atom. The van der Waals surface area contributed by atoms with Crippen LogP contribution in [0.2, 0.25) is 0 Å². The first-order chi connectivity index (χ1) is 13.9. The average molecular weight is 407 g/mol. The summed E-state index contributed by atoms with van der Waals surface area (Å²) in [7, 11) is 0. The normalized spacial score (nSPS) is 20.1. The molecule has 1 aromatic carbocycles. The molecule has 4 rings (SSSR count). The number of likely N-dealkylation sites (tertiary alicyclic amines) is 1. The Hall–Kier alpha value is -3.05. The second-order valence-electron chi connectivity index (χ2n) is 6.58. The van der Waals surface area contributed by atoms with Crippen molar-refractivity contribution in [1.82, 2.24) is 25.0 Å². The fourth-order valence-electron chi connectivity index (χ4n) is 3.28. The predicted molar refractivity (Wildman–Crippen MR) is 92.2 cm³/mol. The van der Waals surface area contributed by atoms with Crippen LogP contribution in [0.4, 0.5) is 13.2 Å². The van der Waals surface area contributed by atoms with Gasteiger partial charge < -0.3 is 14.4 Å². The van der Waals surface area contributed by atoms with Gasteiger partial charge in [-0.25, -0.2) is 4.98 Å². The van der Waals surface area contributed by atoms with Gasteiger partial charge in [0.05, 0.1) is 18.3 Å². The lowest BCUT2D eigenvalue weighted by molar-refractivity contribution is -0.274. The molecule has 11 heteroatoms. The molecule has 8 nitrogen and oxygen atoms in total. The van der Waals surface area contributed by atoms with Gasteiger partial charge in [-0.3, -0.25) is 9.88 Å². The minimum Gasteiger partial charge on any atom is -0.406 e. The van der Waals surface area contributed by atoms with Crippen LogP contribution < -0.4 is 4.74 Å². The Bertz CT molecular complexity index is 967. The lowest BCUT2D eigenvalue weighted by Gasteiger charge is -2.21. The van der Waals surface area contributed by atoms with Crippen LogP contribution in [0.15, 0.2) is 47.4 Å². The van der Waals surface area contributed by atoms with E-state index < -0.39 is 12.5 Å². The largest absolute Gasteiger partial charge is 0.573 e. The lowest BCUT2D eigenvalue weighted by Crippen LogP contribution is -2.24. The summed E-state index contributed by atoms with van der Waals surface area (Å²) in [5.74, 6) is 0.272. The zero-order valence-electron chi connectivity index (χ0n) is 15.0. The van der Waals surface area contributed by atoms with Crippen molar-refractivity contribution in [2.45, 2.75) is 31.5 Å². The molecule has 0 amide bonds. The highest BCUT2D eigenvalue weighted by molar-refractivity contribution is 5.45. The summed E-state index contributed by atoms with van der Waals surface area (Å²) < 4.78 is 46.7. The number of aromatic nitrogens is 4. The van der Waals surface area contributed by atoms with E-state index in [9.17, 15) is 18.3 Å². The summed E-state index contributed by atoms with van der Waals surface area (Å²) in [6.07, 6.45) is -0.487. The SMILES string of the molecule is O[C@@H]1C[C@@H](c2nc(-c3cnccn3)no2)N(Cc2cccc(OC(F)(F)F)c2)C1. The first-order valence-corrected chi connectivity index (χ1v) is 8.74. The van der Waals surface area contributed by atoms with E-state index in [1.807, 2.05) is 4.90 Å². The molecule has 3 heterocycles. The van der Waals surface area contributed by atoms with Crippen LogP contribution in [-0.4, -0.2) is 49.1 Å². The van der Waals surface area contributed by atoms with Crippen LogP contribution in [0.1, 0.15) is 23.9 Å². The number of hydrogen-bond donors (Lipinski definition) is 1. The van der Waals surface area contributed by atoms with E-state index >= 15 is 0 Å². The quantitative estimate of drug-likeness (QED) is 0.690. The molecule has 0 bridgehead atoms. The second kappa shape index (κ2) is 7.76. The van der Waals surface area contributed by atoms with Crippen LogP contribution in [0.25, 0.3) is 11.5 Å². The van der Waals surface area contributed by atoms with Gasteiger partial charge in [-0.2, -0.15) is 4.98 Å². The average Bonchev–Trinajstić information content (AvgIpc) is 3.28. The molecule has 29 heavy (non-hydrogen) atoms. The van der Waals surface area contributed by atoms with Crippen molar-refractivity contribution in [2.75, 3.05) is 6.54 Å². The zero-order chi connectivity index (χ0) is 20.4. The molecule has 0 saturated carbocycles. The van der Waals surface area contributed by atoms with Gasteiger partial charge in [-0.05, 0) is 24.1 Å². The van der Waals surface area contributed by atoms with Gasteiger partial charge in [0.2, 0.25) is 11.7 Å². The van der Waals surface area contributed by atoms with Crippen molar-refractivity contribution in [3.05, 3.63) is 54.3 Å². The molecule has 0 spiro atoms. The van der Waals surface area contributed by atoms with Gasteiger partial charge in [0, 0.05) is 25.5 Å². The van der Waals surface area contributed by atoms with Crippen molar-refractivity contribution in [3.8, 4) is 17.3 Å². The highest BCUT2D eigenvalue weighted by Gasteiger charge is 2.36. The van der Waals surface area contributed by atoms with Crippen molar-refractivity contribution < 1.29 is 27.5 Å². The summed E-state index contributed by atoms with van der Waals surface area (Å²) in [5.41, 5.74) is 1.05. The van der Waals surface area contributed by atoms with Crippen LogP contribution in [0.3, 0.4) is 0 Å². The van der Waals surface area contributed by atoms with Crippen LogP contribution in [0, 0.1) is 0 Å². The van der Waals surface area contributed by atoms with Crippen molar-refractivity contribution in [3.63, 3.8) is 0 Å². The van der Waals surface area contributed by atoms with E-state index in [0.29, 0.717) is 30.1 Å². The fourth-order valence-corrected chi connectivity index (χ4v) is 3.28. The van der Waals surface area contributed by atoms with E-state index in [-0.39, 0.29) is 24.2 Å². The maximum atomic E-state index is 12.5. The van der Waals surface area contributed by atoms with Gasteiger partial charge in [0.1, 0.15) is 11.4 Å². The zero-order valence-corrected chi connectivity index (χ0v) is 15.0. The Morgan fingerprint density at radius 2 is 2.14 bits per heavy atom. The Kier molecular flexibility index (Phi) is 5.16. The molecule has 2 atom stereocenters. The summed E-state index contributed by atoms with van der Waals surface area (Å²) in [5, 5.41) is 14.0. The number of β-amino-alcohol motifs (C(OH)–C–C–N with tert-alkyl or cyclic N) is 1. The number of halogens is 3. The lowest BCUT2D eigenvalue weighted by atomic mass is 10.1. The second-order valence-corrected chi connectivity index (χ2v) is 6.58. The number of aliphatic hydroxyl groups is 1. The number of ether oxygens (including phenoxy) is 1. The molecule has 0 unspecified atom stereocenters. The van der Waals surface area contributed by atoms with Gasteiger partial charge in [-0.1, -0.05) is 17.3 Å².